The molecule has 1 heterocycles. The minimum Gasteiger partial charge on any atom is -0.479 e. The van der Waals surface area contributed by atoms with Crippen LogP contribution in [0.4, 0.5) is 0 Å². The Kier molecular flexibility index (Phi) is 3.73. The van der Waals surface area contributed by atoms with Gasteiger partial charge < -0.3 is 10.2 Å². The Morgan fingerprint density at radius 1 is 1.77 bits per heavy atom. The summed E-state index contributed by atoms with van der Waals surface area (Å²) in [7, 11) is 0. The van der Waals surface area contributed by atoms with Gasteiger partial charge in [0, 0.05) is 15.8 Å². The maximum absolute atomic E-state index is 10.3. The van der Waals surface area contributed by atoms with Gasteiger partial charge in [-0.2, -0.15) is 0 Å². The van der Waals surface area contributed by atoms with E-state index in [-0.39, 0.29) is 6.42 Å². The third-order valence-corrected chi connectivity index (χ3v) is 3.87. The van der Waals surface area contributed by atoms with E-state index in [9.17, 15) is 4.79 Å². The second kappa shape index (κ2) is 4.41. The van der Waals surface area contributed by atoms with E-state index in [1.165, 1.54) is 11.3 Å². The number of aliphatic hydroxyl groups excluding tert-OH is 1. The Labute approximate surface area is 92.1 Å². The monoisotopic (exact) mass is 284 g/mol. The van der Waals surface area contributed by atoms with Gasteiger partial charge >= 0.3 is 5.97 Å². The van der Waals surface area contributed by atoms with Crippen molar-refractivity contribution in [3.8, 4) is 0 Å². The first-order chi connectivity index (χ1) is 6.00. The molecule has 0 aliphatic rings. The van der Waals surface area contributed by atoms with E-state index in [1.807, 2.05) is 0 Å². The summed E-state index contributed by atoms with van der Waals surface area (Å²) in [5.74, 6) is -1.22. The zero-order chi connectivity index (χ0) is 10.0. The summed E-state index contributed by atoms with van der Waals surface area (Å²) in [4.78, 5) is 11.0. The van der Waals surface area contributed by atoms with E-state index in [0.29, 0.717) is 4.34 Å². The van der Waals surface area contributed by atoms with Crippen molar-refractivity contribution in [2.24, 2.45) is 0 Å². The Hall–Kier alpha value is -0.100. The van der Waals surface area contributed by atoms with E-state index in [4.69, 9.17) is 21.8 Å². The van der Waals surface area contributed by atoms with Crippen molar-refractivity contribution < 1.29 is 15.0 Å². The van der Waals surface area contributed by atoms with E-state index in [2.05, 4.69) is 15.9 Å². The number of halogens is 2. The number of thiophene rings is 1. The third-order valence-electron chi connectivity index (χ3n) is 1.38. The van der Waals surface area contributed by atoms with Crippen molar-refractivity contribution >= 4 is 44.8 Å². The topological polar surface area (TPSA) is 57.5 Å². The van der Waals surface area contributed by atoms with Gasteiger partial charge in [-0.25, -0.2) is 4.79 Å². The van der Waals surface area contributed by atoms with E-state index in [1.54, 1.807) is 6.07 Å². The van der Waals surface area contributed by atoms with Crippen LogP contribution in [0, 0.1) is 0 Å². The average molecular weight is 286 g/mol. The normalized spacial score (nSPS) is 12.8. The van der Waals surface area contributed by atoms with Crippen LogP contribution in [0.3, 0.4) is 0 Å². The van der Waals surface area contributed by atoms with Gasteiger partial charge in [-0.05, 0) is 22.0 Å². The third kappa shape index (κ3) is 2.95. The van der Waals surface area contributed by atoms with Crippen LogP contribution in [-0.4, -0.2) is 22.3 Å². The predicted octanol–water partition coefficient (Wildman–Crippen LogP) is 2.15. The van der Waals surface area contributed by atoms with Crippen LogP contribution in [0.5, 0.6) is 0 Å². The van der Waals surface area contributed by atoms with Crippen molar-refractivity contribution in [3.63, 3.8) is 0 Å². The highest BCUT2D eigenvalue weighted by Crippen LogP contribution is 2.32. The molecule has 1 atom stereocenters. The fraction of sp³-hybridized carbons (Fsp3) is 0.286. The summed E-state index contributed by atoms with van der Waals surface area (Å²) in [6, 6.07) is 1.71. The van der Waals surface area contributed by atoms with Crippen LogP contribution in [0.1, 0.15) is 4.88 Å². The fourth-order valence-corrected chi connectivity index (χ4v) is 2.60. The lowest BCUT2D eigenvalue weighted by Gasteiger charge is -2.01. The average Bonchev–Trinajstić information content (AvgIpc) is 2.31. The lowest BCUT2D eigenvalue weighted by molar-refractivity contribution is -0.146. The molecule has 1 aromatic rings. The molecule has 0 amide bonds. The van der Waals surface area contributed by atoms with Gasteiger partial charge in [0.1, 0.15) is 4.34 Å². The molecule has 72 valence electrons. The Balaban J connectivity index is 2.69. The molecule has 6 heteroatoms. The number of carbonyl (C=O) groups is 1. The van der Waals surface area contributed by atoms with E-state index >= 15 is 0 Å². The molecule has 0 saturated carbocycles. The molecule has 1 aromatic heterocycles. The molecule has 1 rings (SSSR count). The SMILES string of the molecule is O=C(O)C(O)Cc1cc(Br)c(Cl)s1. The number of carboxylic acid groups (broad SMARTS) is 1. The molecule has 0 spiro atoms. The van der Waals surface area contributed by atoms with Crippen LogP contribution in [-0.2, 0) is 11.2 Å². The summed E-state index contributed by atoms with van der Waals surface area (Å²) >= 11 is 10.2. The summed E-state index contributed by atoms with van der Waals surface area (Å²) in [6.45, 7) is 0. The Morgan fingerprint density at radius 2 is 2.38 bits per heavy atom. The molecular weight excluding hydrogens is 279 g/mol. The molecule has 0 bridgehead atoms. The number of hydrogen-bond donors (Lipinski definition) is 2. The zero-order valence-electron chi connectivity index (χ0n) is 6.33. The maximum Gasteiger partial charge on any atom is 0.332 e. The predicted molar refractivity (Wildman–Crippen MR) is 54.4 cm³/mol. The van der Waals surface area contributed by atoms with Gasteiger partial charge in [0.2, 0.25) is 0 Å². The van der Waals surface area contributed by atoms with Crippen LogP contribution in [0.25, 0.3) is 0 Å². The van der Waals surface area contributed by atoms with E-state index in [0.717, 1.165) is 9.35 Å². The highest BCUT2D eigenvalue weighted by Gasteiger charge is 2.15. The molecule has 0 aromatic carbocycles. The first-order valence-electron chi connectivity index (χ1n) is 3.35. The molecule has 0 radical (unpaired) electrons. The summed E-state index contributed by atoms with van der Waals surface area (Å²) in [5, 5.41) is 17.5. The van der Waals surface area contributed by atoms with Gasteiger partial charge in [-0.3, -0.25) is 0 Å². The van der Waals surface area contributed by atoms with Gasteiger partial charge in [-0.1, -0.05) is 11.6 Å². The number of aliphatic carboxylic acids is 1. The van der Waals surface area contributed by atoms with Gasteiger partial charge in [-0.15, -0.1) is 11.3 Å². The molecule has 13 heavy (non-hydrogen) atoms. The second-order valence-corrected chi connectivity index (χ2v) is 4.99. The van der Waals surface area contributed by atoms with Crippen molar-refractivity contribution in [2.75, 3.05) is 0 Å². The summed E-state index contributed by atoms with van der Waals surface area (Å²) < 4.78 is 1.29. The Bertz CT molecular complexity index is 306. The number of carboxylic acids is 1. The smallest absolute Gasteiger partial charge is 0.332 e. The number of aliphatic hydroxyl groups is 1. The minimum atomic E-state index is -1.36. The molecule has 3 nitrogen and oxygen atoms in total. The van der Waals surface area contributed by atoms with Crippen molar-refractivity contribution in [2.45, 2.75) is 12.5 Å². The minimum absolute atomic E-state index is 0.0886. The van der Waals surface area contributed by atoms with Crippen LogP contribution >= 0.6 is 38.9 Å². The lowest BCUT2D eigenvalue weighted by atomic mass is 10.2. The molecule has 2 N–H and O–H groups in total. The molecule has 0 aliphatic carbocycles. The second-order valence-electron chi connectivity index (χ2n) is 2.39. The van der Waals surface area contributed by atoms with Crippen LogP contribution in [0.15, 0.2) is 10.5 Å². The van der Waals surface area contributed by atoms with Gasteiger partial charge in [0.25, 0.3) is 0 Å². The highest BCUT2D eigenvalue weighted by molar-refractivity contribution is 9.10. The highest BCUT2D eigenvalue weighted by atomic mass is 79.9. The molecule has 0 aliphatic heterocycles. The molecular formula is C7H6BrClO3S. The first kappa shape index (κ1) is 11.0. The van der Waals surface area contributed by atoms with Crippen molar-refractivity contribution in [1.82, 2.24) is 0 Å². The summed E-state index contributed by atoms with van der Waals surface area (Å²) in [5.41, 5.74) is 0. The molecule has 0 fully saturated rings. The largest absolute Gasteiger partial charge is 0.479 e. The lowest BCUT2D eigenvalue weighted by Crippen LogP contribution is -2.21. The quantitative estimate of drug-likeness (QED) is 0.895. The Morgan fingerprint density at radius 3 is 2.77 bits per heavy atom. The van der Waals surface area contributed by atoms with Crippen molar-refractivity contribution in [3.05, 3.63) is 19.8 Å². The van der Waals surface area contributed by atoms with Crippen LogP contribution in [0.2, 0.25) is 4.34 Å². The molecule has 1 unspecified atom stereocenters. The molecule has 0 saturated heterocycles. The first-order valence-corrected chi connectivity index (χ1v) is 5.34. The van der Waals surface area contributed by atoms with Crippen LogP contribution < -0.4 is 0 Å². The standard InChI is InChI=1S/C7H6BrClO3S/c8-4-1-3(13-6(4)9)2-5(10)7(11)12/h1,5,10H,2H2,(H,11,12). The van der Waals surface area contributed by atoms with Crippen molar-refractivity contribution in [1.29, 1.82) is 0 Å². The zero-order valence-corrected chi connectivity index (χ0v) is 9.49. The number of rotatable bonds is 3. The summed E-state index contributed by atoms with van der Waals surface area (Å²) in [6.07, 6.45) is -1.27. The van der Waals surface area contributed by atoms with E-state index < -0.39 is 12.1 Å². The number of hydrogen-bond acceptors (Lipinski definition) is 3. The van der Waals surface area contributed by atoms with Gasteiger partial charge in [0.05, 0.1) is 0 Å². The fourth-order valence-electron chi connectivity index (χ4n) is 0.770. The van der Waals surface area contributed by atoms with Gasteiger partial charge in [0.15, 0.2) is 6.10 Å². The maximum atomic E-state index is 10.3.